The van der Waals surface area contributed by atoms with Crippen LogP contribution in [0.5, 0.6) is 0 Å². The van der Waals surface area contributed by atoms with Crippen molar-refractivity contribution < 1.29 is 18.3 Å². The Balaban J connectivity index is 2.44. The minimum atomic E-state index is -4.11. The number of halogens is 1. The second kappa shape index (κ2) is 5.11. The summed E-state index contributed by atoms with van der Waals surface area (Å²) < 4.78 is 26.3. The molecule has 2 aromatic heterocycles. The van der Waals surface area contributed by atoms with Gasteiger partial charge in [-0.15, -0.1) is 0 Å². The predicted molar refractivity (Wildman–Crippen MR) is 80.7 cm³/mol. The highest BCUT2D eigenvalue weighted by molar-refractivity contribution is 7.90. The Kier molecular flexibility index (Phi) is 3.38. The van der Waals surface area contributed by atoms with E-state index in [1.165, 1.54) is 30.5 Å². The van der Waals surface area contributed by atoms with Crippen molar-refractivity contribution in [3.8, 4) is 0 Å². The number of pyridine rings is 1. The Labute approximate surface area is 130 Å². The molecule has 0 amide bonds. The third-order valence-electron chi connectivity index (χ3n) is 3.10. The molecule has 1 aromatic carbocycles. The average Bonchev–Trinajstić information content (AvgIpc) is 2.90. The fraction of sp³-hybridized carbons (Fsp3) is 0. The zero-order valence-corrected chi connectivity index (χ0v) is 12.5. The molecule has 22 heavy (non-hydrogen) atoms. The molecule has 0 bridgehead atoms. The van der Waals surface area contributed by atoms with E-state index in [4.69, 9.17) is 11.6 Å². The number of rotatable bonds is 3. The van der Waals surface area contributed by atoms with Gasteiger partial charge in [0.15, 0.2) is 0 Å². The van der Waals surface area contributed by atoms with Crippen molar-refractivity contribution in [3.05, 3.63) is 59.4 Å². The number of fused-ring (bicyclic) bond motifs is 1. The molecule has 3 rings (SSSR count). The van der Waals surface area contributed by atoms with Crippen molar-refractivity contribution in [1.82, 2.24) is 8.96 Å². The lowest BCUT2D eigenvalue weighted by Gasteiger charge is -2.10. The van der Waals surface area contributed by atoms with E-state index in [1.54, 1.807) is 18.2 Å². The zero-order chi connectivity index (χ0) is 15.9. The molecule has 6 nitrogen and oxygen atoms in total. The van der Waals surface area contributed by atoms with Crippen LogP contribution in [0, 0.1) is 0 Å². The second-order valence-corrected chi connectivity index (χ2v) is 6.64. The lowest BCUT2D eigenvalue weighted by Crippen LogP contribution is -2.18. The third kappa shape index (κ3) is 2.15. The van der Waals surface area contributed by atoms with Crippen LogP contribution in [-0.4, -0.2) is 28.5 Å². The molecule has 0 atom stereocenters. The van der Waals surface area contributed by atoms with Crippen molar-refractivity contribution in [1.29, 1.82) is 0 Å². The van der Waals surface area contributed by atoms with Gasteiger partial charge in [-0.05, 0) is 24.3 Å². The first-order valence-electron chi connectivity index (χ1n) is 6.13. The molecule has 2 heterocycles. The van der Waals surface area contributed by atoms with Crippen LogP contribution in [0.25, 0.3) is 11.0 Å². The van der Waals surface area contributed by atoms with E-state index in [0.717, 1.165) is 3.97 Å². The van der Waals surface area contributed by atoms with Crippen LogP contribution in [0.4, 0.5) is 0 Å². The van der Waals surface area contributed by atoms with Gasteiger partial charge in [0.1, 0.15) is 11.2 Å². The van der Waals surface area contributed by atoms with E-state index in [9.17, 15) is 18.3 Å². The Morgan fingerprint density at radius 2 is 1.86 bits per heavy atom. The summed E-state index contributed by atoms with van der Waals surface area (Å²) in [5.41, 5.74) is -0.172. The maximum Gasteiger partial charge on any atom is 0.353 e. The number of nitrogens with zero attached hydrogens (tertiary/aromatic N) is 2. The Hall–Kier alpha value is -2.38. The van der Waals surface area contributed by atoms with E-state index < -0.39 is 21.7 Å². The molecule has 8 heteroatoms. The first-order chi connectivity index (χ1) is 10.4. The van der Waals surface area contributed by atoms with Crippen LogP contribution in [0.2, 0.25) is 5.02 Å². The van der Waals surface area contributed by atoms with E-state index in [1.807, 2.05) is 0 Å². The number of aromatic carboxylic acids is 1. The largest absolute Gasteiger partial charge is 0.477 e. The highest BCUT2D eigenvalue weighted by Crippen LogP contribution is 2.29. The summed E-state index contributed by atoms with van der Waals surface area (Å²) in [6.45, 7) is 0. The quantitative estimate of drug-likeness (QED) is 0.794. The Bertz CT molecular complexity index is 981. The van der Waals surface area contributed by atoms with Gasteiger partial charge >= 0.3 is 5.97 Å². The molecule has 1 N–H and O–H groups in total. The summed E-state index contributed by atoms with van der Waals surface area (Å²) in [5.74, 6) is -1.38. The van der Waals surface area contributed by atoms with Gasteiger partial charge in [0, 0.05) is 6.20 Å². The van der Waals surface area contributed by atoms with Crippen LogP contribution >= 0.6 is 11.6 Å². The van der Waals surface area contributed by atoms with Crippen LogP contribution in [0.15, 0.2) is 53.6 Å². The molecular weight excluding hydrogens is 328 g/mol. The van der Waals surface area contributed by atoms with Gasteiger partial charge in [0.2, 0.25) is 0 Å². The second-order valence-electron chi connectivity index (χ2n) is 4.44. The Morgan fingerprint density at radius 1 is 1.18 bits per heavy atom. The van der Waals surface area contributed by atoms with Crippen LogP contribution in [-0.2, 0) is 10.0 Å². The molecule has 0 spiro atoms. The molecular formula is C14H9ClN2O4S. The van der Waals surface area contributed by atoms with Crippen molar-refractivity contribution in [2.75, 3.05) is 0 Å². The molecule has 0 saturated carbocycles. The zero-order valence-electron chi connectivity index (χ0n) is 11.0. The monoisotopic (exact) mass is 336 g/mol. The van der Waals surface area contributed by atoms with Gasteiger partial charge in [0.25, 0.3) is 10.0 Å². The summed E-state index contributed by atoms with van der Waals surface area (Å²) >= 11 is 6.06. The SMILES string of the molecule is O=C(O)c1cc2nccc(Cl)c2n1S(=O)(=O)c1ccccc1. The standard InChI is InChI=1S/C14H9ClN2O4S/c15-10-6-7-16-11-8-12(14(18)19)17(13(10)11)22(20,21)9-4-2-1-3-5-9/h1-8H,(H,18,19). The minimum Gasteiger partial charge on any atom is -0.477 e. The molecule has 0 unspecified atom stereocenters. The number of carboxylic acids is 1. The predicted octanol–water partition coefficient (Wildman–Crippen LogP) is 2.62. The molecule has 0 aliphatic heterocycles. The first-order valence-corrected chi connectivity index (χ1v) is 7.94. The topological polar surface area (TPSA) is 89.3 Å². The van der Waals surface area contributed by atoms with Gasteiger partial charge in [-0.3, -0.25) is 4.98 Å². The molecule has 0 aliphatic carbocycles. The fourth-order valence-electron chi connectivity index (χ4n) is 2.16. The molecule has 0 fully saturated rings. The molecule has 0 saturated heterocycles. The van der Waals surface area contributed by atoms with Gasteiger partial charge in [-0.1, -0.05) is 29.8 Å². The van der Waals surface area contributed by atoms with Gasteiger partial charge < -0.3 is 5.11 Å². The number of benzene rings is 1. The number of carbonyl (C=O) groups is 1. The van der Waals surface area contributed by atoms with E-state index in [2.05, 4.69) is 4.98 Å². The maximum atomic E-state index is 12.8. The highest BCUT2D eigenvalue weighted by Gasteiger charge is 2.27. The third-order valence-corrected chi connectivity index (χ3v) is 5.13. The van der Waals surface area contributed by atoms with E-state index >= 15 is 0 Å². The van der Waals surface area contributed by atoms with Crippen molar-refractivity contribution in [2.45, 2.75) is 4.90 Å². The smallest absolute Gasteiger partial charge is 0.353 e. The van der Waals surface area contributed by atoms with Gasteiger partial charge in [-0.2, -0.15) is 0 Å². The van der Waals surface area contributed by atoms with E-state index in [0.29, 0.717) is 0 Å². The summed E-state index contributed by atoms with van der Waals surface area (Å²) in [5, 5.41) is 9.42. The van der Waals surface area contributed by atoms with Crippen molar-refractivity contribution >= 4 is 38.6 Å². The molecule has 0 aliphatic rings. The molecule has 3 aromatic rings. The van der Waals surface area contributed by atoms with Gasteiger partial charge in [-0.25, -0.2) is 17.2 Å². The first kappa shape index (κ1) is 14.6. The Morgan fingerprint density at radius 3 is 2.50 bits per heavy atom. The van der Waals surface area contributed by atoms with Gasteiger partial charge in [0.05, 0.1) is 15.4 Å². The summed E-state index contributed by atoms with van der Waals surface area (Å²) in [6, 6.07) is 10.1. The minimum absolute atomic E-state index is 0.0325. The lowest BCUT2D eigenvalue weighted by atomic mass is 10.4. The number of carboxylic acid groups (broad SMARTS) is 1. The maximum absolute atomic E-state index is 12.8. The summed E-state index contributed by atoms with van der Waals surface area (Å²) in [7, 11) is -4.11. The summed E-state index contributed by atoms with van der Waals surface area (Å²) in [6.07, 6.45) is 1.38. The van der Waals surface area contributed by atoms with Crippen LogP contribution in [0.1, 0.15) is 10.5 Å². The highest BCUT2D eigenvalue weighted by atomic mass is 35.5. The number of hydrogen-bond acceptors (Lipinski definition) is 4. The van der Waals surface area contributed by atoms with Crippen molar-refractivity contribution in [2.24, 2.45) is 0 Å². The average molecular weight is 337 g/mol. The molecule has 112 valence electrons. The van der Waals surface area contributed by atoms with Crippen LogP contribution in [0.3, 0.4) is 0 Å². The lowest BCUT2D eigenvalue weighted by molar-refractivity contribution is 0.0689. The van der Waals surface area contributed by atoms with E-state index in [-0.39, 0.29) is 21.0 Å². The fourth-order valence-corrected chi connectivity index (χ4v) is 3.98. The normalized spacial score (nSPS) is 11.7. The number of aromatic nitrogens is 2. The van der Waals surface area contributed by atoms with Crippen molar-refractivity contribution in [3.63, 3.8) is 0 Å². The molecule has 0 radical (unpaired) electrons. The summed E-state index contributed by atoms with van der Waals surface area (Å²) in [4.78, 5) is 15.4. The number of hydrogen-bond donors (Lipinski definition) is 1. The van der Waals surface area contributed by atoms with Crippen LogP contribution < -0.4 is 0 Å².